The van der Waals surface area contributed by atoms with E-state index in [0.717, 1.165) is 44.4 Å². The molecule has 0 aromatic heterocycles. The summed E-state index contributed by atoms with van der Waals surface area (Å²) in [6.07, 6.45) is 6.59. The number of nitro groups is 1. The van der Waals surface area contributed by atoms with Crippen molar-refractivity contribution in [2.75, 3.05) is 19.7 Å². The van der Waals surface area contributed by atoms with Gasteiger partial charge in [-0.25, -0.2) is 4.39 Å². The Labute approximate surface area is 146 Å². The molecular formula is C18H23FN2O4. The normalized spacial score (nSPS) is 17.6. The van der Waals surface area contributed by atoms with Crippen LogP contribution < -0.4 is 0 Å². The fourth-order valence-electron chi connectivity index (χ4n) is 2.84. The van der Waals surface area contributed by atoms with E-state index in [-0.39, 0.29) is 23.3 Å². The third-order valence-corrected chi connectivity index (χ3v) is 4.10. The van der Waals surface area contributed by atoms with Crippen LogP contribution in [0.25, 0.3) is 6.08 Å². The monoisotopic (exact) mass is 350 g/mol. The molecule has 25 heavy (non-hydrogen) atoms. The minimum atomic E-state index is -0.683. The summed E-state index contributed by atoms with van der Waals surface area (Å²) in [6.45, 7) is 3.81. The maximum absolute atomic E-state index is 13.2. The molecule has 6 nitrogen and oxygen atoms in total. The van der Waals surface area contributed by atoms with Crippen LogP contribution in [0.3, 0.4) is 0 Å². The lowest BCUT2D eigenvalue weighted by molar-refractivity contribution is -0.385. The number of carbonyl (C=O) groups is 1. The second kappa shape index (κ2) is 9.27. The van der Waals surface area contributed by atoms with Gasteiger partial charge in [-0.15, -0.1) is 0 Å². The van der Waals surface area contributed by atoms with E-state index < -0.39 is 10.7 Å². The highest BCUT2D eigenvalue weighted by atomic mass is 19.1. The molecule has 0 spiro atoms. The van der Waals surface area contributed by atoms with Crippen LogP contribution in [0.2, 0.25) is 0 Å². The van der Waals surface area contributed by atoms with Gasteiger partial charge in [0.2, 0.25) is 5.91 Å². The molecule has 0 saturated carbocycles. The fourth-order valence-corrected chi connectivity index (χ4v) is 2.84. The Bertz CT molecular complexity index is 642. The summed E-state index contributed by atoms with van der Waals surface area (Å²) in [5, 5.41) is 11.0. The number of nitrogens with zero attached hydrogens (tertiary/aromatic N) is 2. The molecule has 1 amide bonds. The Morgan fingerprint density at radius 1 is 1.48 bits per heavy atom. The summed E-state index contributed by atoms with van der Waals surface area (Å²) in [6, 6.07) is 3.28. The molecule has 1 saturated heterocycles. The van der Waals surface area contributed by atoms with Crippen molar-refractivity contribution in [3.8, 4) is 0 Å². The average Bonchev–Trinajstić information content (AvgIpc) is 2.60. The van der Waals surface area contributed by atoms with Crippen LogP contribution in [0.15, 0.2) is 24.3 Å². The number of amides is 1. The minimum Gasteiger partial charge on any atom is -0.376 e. The molecular weight excluding hydrogens is 327 g/mol. The van der Waals surface area contributed by atoms with Gasteiger partial charge >= 0.3 is 0 Å². The van der Waals surface area contributed by atoms with Gasteiger partial charge in [0.05, 0.1) is 22.7 Å². The zero-order valence-electron chi connectivity index (χ0n) is 14.3. The Balaban J connectivity index is 2.09. The van der Waals surface area contributed by atoms with Crippen molar-refractivity contribution in [3.05, 3.63) is 45.8 Å². The summed E-state index contributed by atoms with van der Waals surface area (Å²) in [5.74, 6) is -0.910. The molecule has 7 heteroatoms. The summed E-state index contributed by atoms with van der Waals surface area (Å²) in [5.41, 5.74) is -0.160. The molecule has 1 aromatic carbocycles. The van der Waals surface area contributed by atoms with Crippen molar-refractivity contribution in [1.82, 2.24) is 4.90 Å². The third-order valence-electron chi connectivity index (χ3n) is 4.10. The van der Waals surface area contributed by atoms with E-state index in [4.69, 9.17) is 4.74 Å². The molecule has 1 heterocycles. The molecule has 0 N–H and O–H groups in total. The summed E-state index contributed by atoms with van der Waals surface area (Å²) >= 11 is 0. The van der Waals surface area contributed by atoms with Gasteiger partial charge in [-0.2, -0.15) is 0 Å². The molecule has 1 atom stereocenters. The highest BCUT2D eigenvalue weighted by molar-refractivity contribution is 5.92. The second-order valence-electron chi connectivity index (χ2n) is 6.07. The van der Waals surface area contributed by atoms with E-state index in [1.165, 1.54) is 18.2 Å². The summed E-state index contributed by atoms with van der Waals surface area (Å²) < 4.78 is 18.9. The van der Waals surface area contributed by atoms with E-state index in [1.807, 2.05) is 6.92 Å². The number of ether oxygens (including phenoxy) is 1. The lowest BCUT2D eigenvalue weighted by atomic mass is 10.1. The first-order chi connectivity index (χ1) is 12.0. The predicted octanol–water partition coefficient (Wildman–Crippen LogP) is 3.55. The number of carbonyl (C=O) groups excluding carboxylic acids is 1. The van der Waals surface area contributed by atoms with Crippen LogP contribution in [-0.4, -0.2) is 41.5 Å². The van der Waals surface area contributed by atoms with Crippen molar-refractivity contribution in [2.45, 2.75) is 38.7 Å². The van der Waals surface area contributed by atoms with Gasteiger partial charge in [0.1, 0.15) is 5.82 Å². The minimum absolute atomic E-state index is 0.0396. The molecule has 136 valence electrons. The molecule has 1 aliphatic heterocycles. The fraction of sp³-hybridized carbons (Fsp3) is 0.500. The Morgan fingerprint density at radius 2 is 2.28 bits per heavy atom. The van der Waals surface area contributed by atoms with Gasteiger partial charge in [0, 0.05) is 25.8 Å². The maximum Gasteiger partial charge on any atom is 0.279 e. The smallest absolute Gasteiger partial charge is 0.279 e. The molecule has 1 aliphatic rings. The number of benzene rings is 1. The molecule has 1 unspecified atom stereocenters. The van der Waals surface area contributed by atoms with E-state index in [9.17, 15) is 19.3 Å². The Hall–Kier alpha value is -2.28. The molecule has 0 radical (unpaired) electrons. The molecule has 1 fully saturated rings. The number of hydrogen-bond donors (Lipinski definition) is 0. The Kier molecular flexibility index (Phi) is 7.06. The van der Waals surface area contributed by atoms with Crippen molar-refractivity contribution in [1.29, 1.82) is 0 Å². The van der Waals surface area contributed by atoms with Crippen LogP contribution in [-0.2, 0) is 9.53 Å². The highest BCUT2D eigenvalue weighted by Gasteiger charge is 2.20. The van der Waals surface area contributed by atoms with Crippen molar-refractivity contribution >= 4 is 17.7 Å². The standard InChI is InChI=1S/C18H23FN2O4/c1-2-10-20(13-16-5-3-4-11-25-16)18(22)9-7-14-6-8-15(19)12-17(14)21(23)24/h6-9,12,16H,2-5,10-11,13H2,1H3. The second-order valence-corrected chi connectivity index (χ2v) is 6.07. The van der Waals surface area contributed by atoms with Gasteiger partial charge < -0.3 is 9.64 Å². The SMILES string of the molecule is CCCN(CC1CCCCO1)C(=O)C=Cc1ccc(F)cc1[N+](=O)[O-]. The van der Waals surface area contributed by atoms with Crippen molar-refractivity contribution in [3.63, 3.8) is 0 Å². The van der Waals surface area contributed by atoms with Gasteiger partial charge in [-0.05, 0) is 43.9 Å². The van der Waals surface area contributed by atoms with Crippen LogP contribution >= 0.6 is 0 Å². The average molecular weight is 350 g/mol. The predicted molar refractivity (Wildman–Crippen MR) is 92.6 cm³/mol. The zero-order valence-corrected chi connectivity index (χ0v) is 14.3. The van der Waals surface area contributed by atoms with E-state index in [2.05, 4.69) is 0 Å². The van der Waals surface area contributed by atoms with Crippen molar-refractivity contribution in [2.24, 2.45) is 0 Å². The molecule has 0 aliphatic carbocycles. The zero-order chi connectivity index (χ0) is 18.2. The lowest BCUT2D eigenvalue weighted by Gasteiger charge is -2.29. The number of rotatable bonds is 7. The maximum atomic E-state index is 13.2. The molecule has 1 aromatic rings. The highest BCUT2D eigenvalue weighted by Crippen LogP contribution is 2.21. The first-order valence-corrected chi connectivity index (χ1v) is 8.53. The number of halogens is 1. The van der Waals surface area contributed by atoms with Crippen LogP contribution in [0.5, 0.6) is 0 Å². The Morgan fingerprint density at radius 3 is 2.92 bits per heavy atom. The van der Waals surface area contributed by atoms with Gasteiger partial charge in [0.15, 0.2) is 0 Å². The summed E-state index contributed by atoms with van der Waals surface area (Å²) in [4.78, 5) is 24.5. The first kappa shape index (κ1) is 19.1. The van der Waals surface area contributed by atoms with Gasteiger partial charge in [0.25, 0.3) is 5.69 Å². The lowest BCUT2D eigenvalue weighted by Crippen LogP contribution is -2.39. The quantitative estimate of drug-likeness (QED) is 0.428. The van der Waals surface area contributed by atoms with Crippen molar-refractivity contribution < 1.29 is 18.8 Å². The van der Waals surface area contributed by atoms with E-state index in [0.29, 0.717) is 13.1 Å². The first-order valence-electron chi connectivity index (χ1n) is 8.53. The van der Waals surface area contributed by atoms with E-state index >= 15 is 0 Å². The molecule has 2 rings (SSSR count). The van der Waals surface area contributed by atoms with Crippen LogP contribution in [0.4, 0.5) is 10.1 Å². The van der Waals surface area contributed by atoms with E-state index in [1.54, 1.807) is 4.90 Å². The summed E-state index contributed by atoms with van der Waals surface area (Å²) in [7, 11) is 0. The largest absolute Gasteiger partial charge is 0.376 e. The number of hydrogen-bond acceptors (Lipinski definition) is 4. The van der Waals surface area contributed by atoms with Crippen LogP contribution in [0.1, 0.15) is 38.2 Å². The van der Waals surface area contributed by atoms with Gasteiger partial charge in [-0.3, -0.25) is 14.9 Å². The van der Waals surface area contributed by atoms with Crippen LogP contribution in [0, 0.1) is 15.9 Å². The molecule has 0 bridgehead atoms. The topological polar surface area (TPSA) is 72.7 Å². The third kappa shape index (κ3) is 5.63. The van der Waals surface area contributed by atoms with Gasteiger partial charge in [-0.1, -0.05) is 6.92 Å². The number of nitro benzene ring substituents is 1.